The largest absolute Gasteiger partial charge is 0.457 e. The fraction of sp³-hybridized carbons (Fsp3) is 0.0476. The van der Waals surface area contributed by atoms with Crippen LogP contribution in [0.25, 0.3) is 17.4 Å². The molecule has 0 saturated carbocycles. The summed E-state index contributed by atoms with van der Waals surface area (Å²) in [7, 11) is 0. The summed E-state index contributed by atoms with van der Waals surface area (Å²) in [4.78, 5) is 16.2. The maximum Gasteiger partial charge on any atom is 0.416 e. The predicted octanol–water partition coefficient (Wildman–Crippen LogP) is 6.07. The van der Waals surface area contributed by atoms with E-state index < -0.39 is 17.7 Å². The zero-order valence-corrected chi connectivity index (χ0v) is 16.1. The average Bonchev–Trinajstić information content (AvgIpc) is 3.29. The van der Waals surface area contributed by atoms with Gasteiger partial charge < -0.3 is 9.15 Å². The second-order valence-corrected chi connectivity index (χ2v) is 6.95. The molecule has 3 aromatic rings. The van der Waals surface area contributed by atoms with Gasteiger partial charge in [-0.05, 0) is 42.5 Å². The summed E-state index contributed by atoms with van der Waals surface area (Å²) in [5.41, 5.74) is 0.313. The average molecular weight is 462 g/mol. The second-order valence-electron chi connectivity index (χ2n) is 6.09. The minimum Gasteiger partial charge on any atom is -0.457 e. The molecule has 0 aliphatic carbocycles. The molecule has 1 aliphatic rings. The first kappa shape index (κ1) is 19.2. The third-order valence-electron chi connectivity index (χ3n) is 4.12. The standard InChI is InChI=1S/C21H11BrF3NO3/c22-16-4-2-1-3-15(16)18-10-9-14(28-18)11-17-20(27)29-19(26-17)12-5-7-13(8-6-12)21(23,24)25/h1-11H. The number of halogens is 4. The Labute approximate surface area is 171 Å². The topological polar surface area (TPSA) is 51.8 Å². The molecule has 1 aromatic heterocycles. The van der Waals surface area contributed by atoms with Crippen LogP contribution >= 0.6 is 15.9 Å². The molecule has 0 saturated heterocycles. The molecule has 8 heteroatoms. The van der Waals surface area contributed by atoms with Gasteiger partial charge in [0.05, 0.1) is 5.56 Å². The number of carbonyl (C=O) groups excluding carboxylic acids is 1. The van der Waals surface area contributed by atoms with Gasteiger partial charge in [-0.3, -0.25) is 0 Å². The van der Waals surface area contributed by atoms with Crippen molar-refractivity contribution in [2.45, 2.75) is 6.18 Å². The first-order chi connectivity index (χ1) is 13.8. The molecule has 0 N–H and O–H groups in total. The first-order valence-electron chi connectivity index (χ1n) is 8.36. The molecule has 0 amide bonds. The van der Waals surface area contributed by atoms with Crippen molar-refractivity contribution in [3.8, 4) is 11.3 Å². The Morgan fingerprint density at radius 2 is 1.69 bits per heavy atom. The number of rotatable bonds is 3. The Hall–Kier alpha value is -3.13. The Morgan fingerprint density at radius 3 is 2.38 bits per heavy atom. The zero-order valence-electron chi connectivity index (χ0n) is 14.5. The second kappa shape index (κ2) is 7.36. The molecule has 29 heavy (non-hydrogen) atoms. The van der Waals surface area contributed by atoms with E-state index in [1.165, 1.54) is 18.2 Å². The predicted molar refractivity (Wildman–Crippen MR) is 104 cm³/mol. The number of alkyl halides is 3. The number of hydrogen-bond donors (Lipinski definition) is 0. The zero-order chi connectivity index (χ0) is 20.6. The van der Waals surface area contributed by atoms with Crippen LogP contribution in [0, 0.1) is 0 Å². The summed E-state index contributed by atoms with van der Waals surface area (Å²) >= 11 is 3.45. The number of furan rings is 1. The maximum atomic E-state index is 12.7. The smallest absolute Gasteiger partial charge is 0.416 e. The van der Waals surface area contributed by atoms with Crippen molar-refractivity contribution in [1.29, 1.82) is 0 Å². The van der Waals surface area contributed by atoms with Crippen LogP contribution in [0.2, 0.25) is 0 Å². The van der Waals surface area contributed by atoms with E-state index in [-0.39, 0.29) is 17.2 Å². The molecule has 0 spiro atoms. The highest BCUT2D eigenvalue weighted by Gasteiger charge is 2.31. The third kappa shape index (κ3) is 4.02. The fourth-order valence-corrected chi connectivity index (χ4v) is 3.19. The summed E-state index contributed by atoms with van der Waals surface area (Å²) in [6.45, 7) is 0. The van der Waals surface area contributed by atoms with Gasteiger partial charge in [0.2, 0.25) is 5.90 Å². The molecule has 0 unspecified atom stereocenters. The van der Waals surface area contributed by atoms with Crippen molar-refractivity contribution in [2.75, 3.05) is 0 Å². The monoisotopic (exact) mass is 461 g/mol. The minimum absolute atomic E-state index is 0.00655. The summed E-state index contributed by atoms with van der Waals surface area (Å²) in [5.74, 6) is 0.217. The lowest BCUT2D eigenvalue weighted by Crippen LogP contribution is -2.08. The Kier molecular flexibility index (Phi) is 4.87. The minimum atomic E-state index is -4.44. The maximum absolute atomic E-state index is 12.7. The van der Waals surface area contributed by atoms with Gasteiger partial charge in [-0.1, -0.05) is 34.1 Å². The van der Waals surface area contributed by atoms with Crippen molar-refractivity contribution in [2.24, 2.45) is 4.99 Å². The molecule has 0 fully saturated rings. The van der Waals surface area contributed by atoms with Crippen molar-refractivity contribution >= 4 is 33.9 Å². The summed E-state index contributed by atoms with van der Waals surface area (Å²) in [5, 5.41) is 0. The van der Waals surface area contributed by atoms with E-state index in [0.717, 1.165) is 22.2 Å². The number of carbonyl (C=O) groups is 1. The van der Waals surface area contributed by atoms with Crippen LogP contribution in [0.15, 0.2) is 80.2 Å². The SMILES string of the molecule is O=C1OC(c2ccc(C(F)(F)F)cc2)=NC1=Cc1ccc(-c2ccccc2Br)o1. The van der Waals surface area contributed by atoms with E-state index in [1.807, 2.05) is 24.3 Å². The highest BCUT2D eigenvalue weighted by molar-refractivity contribution is 9.10. The number of esters is 1. The molecule has 2 heterocycles. The lowest BCUT2D eigenvalue weighted by molar-refractivity contribution is -0.137. The highest BCUT2D eigenvalue weighted by Crippen LogP contribution is 2.31. The molecule has 0 bridgehead atoms. The van der Waals surface area contributed by atoms with E-state index in [9.17, 15) is 18.0 Å². The molecule has 4 nitrogen and oxygen atoms in total. The van der Waals surface area contributed by atoms with Crippen molar-refractivity contribution in [3.63, 3.8) is 0 Å². The van der Waals surface area contributed by atoms with Crippen LogP contribution in [0.4, 0.5) is 13.2 Å². The Bertz CT molecular complexity index is 1140. The van der Waals surface area contributed by atoms with Gasteiger partial charge in [0.25, 0.3) is 0 Å². The number of hydrogen-bond acceptors (Lipinski definition) is 4. The van der Waals surface area contributed by atoms with Crippen molar-refractivity contribution in [3.05, 3.63) is 87.7 Å². The molecule has 0 radical (unpaired) electrons. The molecule has 4 rings (SSSR count). The van der Waals surface area contributed by atoms with Gasteiger partial charge in [-0.2, -0.15) is 13.2 Å². The van der Waals surface area contributed by atoms with Crippen LogP contribution in [0.1, 0.15) is 16.9 Å². The number of aliphatic imine (C=N–C) groups is 1. The van der Waals surface area contributed by atoms with Gasteiger partial charge in [0.15, 0.2) is 5.70 Å². The summed E-state index contributed by atoms with van der Waals surface area (Å²) < 4.78 is 49.7. The van der Waals surface area contributed by atoms with Crippen molar-refractivity contribution < 1.29 is 27.1 Å². The molecule has 0 atom stereocenters. The van der Waals surface area contributed by atoms with Crippen LogP contribution in [0.5, 0.6) is 0 Å². The third-order valence-corrected chi connectivity index (χ3v) is 4.82. The van der Waals surface area contributed by atoms with E-state index >= 15 is 0 Å². The molecular formula is C21H11BrF3NO3. The fourth-order valence-electron chi connectivity index (χ4n) is 2.71. The van der Waals surface area contributed by atoms with E-state index in [1.54, 1.807) is 12.1 Å². The first-order valence-corrected chi connectivity index (χ1v) is 9.15. The lowest BCUT2D eigenvalue weighted by atomic mass is 10.1. The van der Waals surface area contributed by atoms with Gasteiger partial charge in [0, 0.05) is 21.7 Å². The number of nitrogens with zero attached hydrogens (tertiary/aromatic N) is 1. The van der Waals surface area contributed by atoms with E-state index in [2.05, 4.69) is 20.9 Å². The van der Waals surface area contributed by atoms with Gasteiger partial charge >= 0.3 is 12.1 Å². The van der Waals surface area contributed by atoms with Crippen LogP contribution in [-0.2, 0) is 15.7 Å². The van der Waals surface area contributed by atoms with Crippen molar-refractivity contribution in [1.82, 2.24) is 0 Å². The van der Waals surface area contributed by atoms with Crippen LogP contribution < -0.4 is 0 Å². The number of benzene rings is 2. The molecule has 2 aromatic carbocycles. The number of ether oxygens (including phenoxy) is 1. The highest BCUT2D eigenvalue weighted by atomic mass is 79.9. The molecule has 1 aliphatic heterocycles. The Morgan fingerprint density at radius 1 is 0.966 bits per heavy atom. The lowest BCUT2D eigenvalue weighted by Gasteiger charge is -2.06. The summed E-state index contributed by atoms with van der Waals surface area (Å²) in [6.07, 6.45) is -3.03. The van der Waals surface area contributed by atoms with Crippen LogP contribution in [-0.4, -0.2) is 11.9 Å². The van der Waals surface area contributed by atoms with Gasteiger partial charge in [-0.25, -0.2) is 9.79 Å². The molecular weight excluding hydrogens is 451 g/mol. The van der Waals surface area contributed by atoms with E-state index in [4.69, 9.17) is 9.15 Å². The van der Waals surface area contributed by atoms with E-state index in [0.29, 0.717) is 11.5 Å². The normalized spacial score (nSPS) is 15.5. The Balaban J connectivity index is 1.60. The van der Waals surface area contributed by atoms with Crippen LogP contribution in [0.3, 0.4) is 0 Å². The quantitative estimate of drug-likeness (QED) is 0.351. The molecule has 146 valence electrons. The van der Waals surface area contributed by atoms with Gasteiger partial charge in [-0.15, -0.1) is 0 Å². The number of cyclic esters (lactones) is 1. The summed E-state index contributed by atoms with van der Waals surface area (Å²) in [6, 6.07) is 15.2. The van der Waals surface area contributed by atoms with Gasteiger partial charge in [0.1, 0.15) is 11.5 Å².